The van der Waals surface area contributed by atoms with Crippen LogP contribution in [0.1, 0.15) is 42.5 Å². The summed E-state index contributed by atoms with van der Waals surface area (Å²) in [4.78, 5) is 28.7. The number of benzene rings is 1. The second kappa shape index (κ2) is 9.76. The van der Waals surface area contributed by atoms with E-state index in [1.807, 2.05) is 0 Å². The van der Waals surface area contributed by atoms with E-state index in [0.29, 0.717) is 54.3 Å². The van der Waals surface area contributed by atoms with Gasteiger partial charge in [-0.2, -0.15) is 0 Å². The number of carbonyl (C=O) groups is 2. The highest BCUT2D eigenvalue weighted by atomic mass is 35.5. The molecule has 1 aliphatic carbocycles. The monoisotopic (exact) mass is 411 g/mol. The van der Waals surface area contributed by atoms with Gasteiger partial charge in [-0.1, -0.05) is 48.5 Å². The second-order valence-electron chi connectivity index (χ2n) is 7.48. The molecule has 2 aliphatic rings. The van der Waals surface area contributed by atoms with Gasteiger partial charge in [-0.05, 0) is 30.9 Å². The lowest BCUT2D eigenvalue weighted by Gasteiger charge is -2.34. The largest absolute Gasteiger partial charge is 0.355 e. The molecule has 27 heavy (non-hydrogen) atoms. The van der Waals surface area contributed by atoms with Crippen molar-refractivity contribution in [1.82, 2.24) is 15.1 Å². The summed E-state index contributed by atoms with van der Waals surface area (Å²) in [7, 11) is 0. The lowest BCUT2D eigenvalue weighted by Crippen LogP contribution is -2.51. The highest BCUT2D eigenvalue weighted by Gasteiger charge is 2.25. The molecule has 7 heteroatoms. The first-order valence-corrected chi connectivity index (χ1v) is 10.5. The van der Waals surface area contributed by atoms with Crippen LogP contribution in [0.5, 0.6) is 0 Å². The average Bonchev–Trinajstić information content (AvgIpc) is 2.69. The molecule has 3 rings (SSSR count). The molecule has 1 saturated carbocycles. The summed E-state index contributed by atoms with van der Waals surface area (Å²) < 4.78 is 0. The summed E-state index contributed by atoms with van der Waals surface area (Å²) in [5.74, 6) is 0.613. The van der Waals surface area contributed by atoms with Crippen LogP contribution in [-0.4, -0.2) is 60.9 Å². The van der Waals surface area contributed by atoms with Gasteiger partial charge in [0.25, 0.3) is 5.91 Å². The van der Waals surface area contributed by atoms with Crippen molar-refractivity contribution in [1.29, 1.82) is 0 Å². The number of rotatable bonds is 5. The molecule has 0 radical (unpaired) electrons. The van der Waals surface area contributed by atoms with Crippen molar-refractivity contribution < 1.29 is 9.59 Å². The SMILES string of the molecule is O=C(CN1CCN(C(=O)c2cccc(Cl)c2Cl)CC1)NCC1CCCCC1. The lowest BCUT2D eigenvalue weighted by molar-refractivity contribution is -0.122. The van der Waals surface area contributed by atoms with Crippen LogP contribution in [0.25, 0.3) is 0 Å². The van der Waals surface area contributed by atoms with Crippen LogP contribution < -0.4 is 5.32 Å². The average molecular weight is 412 g/mol. The zero-order chi connectivity index (χ0) is 19.2. The normalized spacial score (nSPS) is 19.1. The number of hydrogen-bond donors (Lipinski definition) is 1. The van der Waals surface area contributed by atoms with E-state index in [1.54, 1.807) is 23.1 Å². The Morgan fingerprint density at radius 2 is 1.74 bits per heavy atom. The van der Waals surface area contributed by atoms with Gasteiger partial charge in [-0.25, -0.2) is 0 Å². The Morgan fingerprint density at radius 1 is 1.04 bits per heavy atom. The van der Waals surface area contributed by atoms with E-state index < -0.39 is 0 Å². The molecule has 1 saturated heterocycles. The summed E-state index contributed by atoms with van der Waals surface area (Å²) in [5.41, 5.74) is 0.433. The van der Waals surface area contributed by atoms with E-state index in [-0.39, 0.29) is 11.8 Å². The number of carbonyl (C=O) groups excluding carboxylic acids is 2. The second-order valence-corrected chi connectivity index (χ2v) is 8.26. The van der Waals surface area contributed by atoms with Crippen molar-refractivity contribution in [2.45, 2.75) is 32.1 Å². The van der Waals surface area contributed by atoms with E-state index in [4.69, 9.17) is 23.2 Å². The molecule has 2 fully saturated rings. The Bertz CT molecular complexity index is 669. The Hall–Kier alpha value is -1.30. The van der Waals surface area contributed by atoms with Crippen molar-refractivity contribution in [2.75, 3.05) is 39.3 Å². The van der Waals surface area contributed by atoms with E-state index in [1.165, 1.54) is 32.1 Å². The van der Waals surface area contributed by atoms with Crippen molar-refractivity contribution in [3.05, 3.63) is 33.8 Å². The maximum absolute atomic E-state index is 12.7. The van der Waals surface area contributed by atoms with Gasteiger partial charge in [0.1, 0.15) is 0 Å². The molecule has 148 valence electrons. The quantitative estimate of drug-likeness (QED) is 0.806. The molecular weight excluding hydrogens is 385 g/mol. The van der Waals surface area contributed by atoms with Gasteiger partial charge >= 0.3 is 0 Å². The van der Waals surface area contributed by atoms with E-state index >= 15 is 0 Å². The Labute approximate surface area is 171 Å². The standard InChI is InChI=1S/C20H27Cl2N3O2/c21-17-8-4-7-16(19(17)22)20(27)25-11-9-24(10-12-25)14-18(26)23-13-15-5-2-1-3-6-15/h4,7-8,15H,1-3,5-6,9-14H2,(H,23,26). The summed E-state index contributed by atoms with van der Waals surface area (Å²) in [5, 5.41) is 3.76. The summed E-state index contributed by atoms with van der Waals surface area (Å²) in [6, 6.07) is 5.10. The third kappa shape index (κ3) is 5.59. The highest BCUT2D eigenvalue weighted by molar-refractivity contribution is 6.43. The third-order valence-electron chi connectivity index (χ3n) is 5.52. The molecule has 2 amide bonds. The zero-order valence-corrected chi connectivity index (χ0v) is 17.1. The summed E-state index contributed by atoms with van der Waals surface area (Å²) in [6.07, 6.45) is 6.36. The number of nitrogens with zero attached hydrogens (tertiary/aromatic N) is 2. The van der Waals surface area contributed by atoms with Crippen LogP contribution in [0, 0.1) is 5.92 Å². The van der Waals surface area contributed by atoms with E-state index in [0.717, 1.165) is 6.54 Å². The summed E-state index contributed by atoms with van der Waals surface area (Å²) >= 11 is 12.2. The predicted octanol–water partition coefficient (Wildman–Crippen LogP) is 3.45. The van der Waals surface area contributed by atoms with Gasteiger partial charge in [-0.15, -0.1) is 0 Å². The van der Waals surface area contributed by atoms with Crippen LogP contribution in [0.3, 0.4) is 0 Å². The minimum atomic E-state index is -0.107. The molecular formula is C20H27Cl2N3O2. The minimum absolute atomic E-state index is 0.0817. The topological polar surface area (TPSA) is 52.7 Å². The minimum Gasteiger partial charge on any atom is -0.355 e. The zero-order valence-electron chi connectivity index (χ0n) is 15.6. The fourth-order valence-electron chi connectivity index (χ4n) is 3.86. The Kier molecular flexibility index (Phi) is 7.39. The molecule has 0 unspecified atom stereocenters. The predicted molar refractivity (Wildman–Crippen MR) is 108 cm³/mol. The van der Waals surface area contributed by atoms with Gasteiger partial charge in [0, 0.05) is 32.7 Å². The smallest absolute Gasteiger partial charge is 0.255 e. The van der Waals surface area contributed by atoms with Crippen molar-refractivity contribution in [3.8, 4) is 0 Å². The Morgan fingerprint density at radius 3 is 2.44 bits per heavy atom. The fourth-order valence-corrected chi connectivity index (χ4v) is 4.24. The van der Waals surface area contributed by atoms with E-state index in [9.17, 15) is 9.59 Å². The summed E-state index contributed by atoms with van der Waals surface area (Å²) in [6.45, 7) is 3.72. The first kappa shape index (κ1) is 20.4. The first-order chi connectivity index (χ1) is 13.0. The molecule has 0 aromatic heterocycles. The van der Waals surface area contributed by atoms with Crippen LogP contribution in [0.15, 0.2) is 18.2 Å². The van der Waals surface area contributed by atoms with Crippen molar-refractivity contribution in [2.24, 2.45) is 5.92 Å². The maximum Gasteiger partial charge on any atom is 0.255 e. The highest BCUT2D eigenvalue weighted by Crippen LogP contribution is 2.27. The molecule has 5 nitrogen and oxygen atoms in total. The lowest BCUT2D eigenvalue weighted by atomic mass is 9.89. The molecule has 0 atom stereocenters. The van der Waals surface area contributed by atoms with Crippen LogP contribution in [-0.2, 0) is 4.79 Å². The number of nitrogens with one attached hydrogen (secondary N) is 1. The molecule has 1 heterocycles. The van der Waals surface area contributed by atoms with Crippen LogP contribution in [0.4, 0.5) is 0 Å². The van der Waals surface area contributed by atoms with Crippen LogP contribution >= 0.6 is 23.2 Å². The fraction of sp³-hybridized carbons (Fsp3) is 0.600. The van der Waals surface area contributed by atoms with Crippen LogP contribution in [0.2, 0.25) is 10.0 Å². The first-order valence-electron chi connectivity index (χ1n) is 9.77. The molecule has 1 aromatic carbocycles. The van der Waals surface area contributed by atoms with Gasteiger partial charge in [-0.3, -0.25) is 14.5 Å². The van der Waals surface area contributed by atoms with Gasteiger partial charge < -0.3 is 10.2 Å². The van der Waals surface area contributed by atoms with Gasteiger partial charge in [0.15, 0.2) is 0 Å². The van der Waals surface area contributed by atoms with E-state index in [2.05, 4.69) is 10.2 Å². The number of piperazine rings is 1. The molecule has 1 aliphatic heterocycles. The molecule has 1 N–H and O–H groups in total. The number of amides is 2. The van der Waals surface area contributed by atoms with Crippen molar-refractivity contribution in [3.63, 3.8) is 0 Å². The Balaban J connectivity index is 1.42. The van der Waals surface area contributed by atoms with Gasteiger partial charge in [0.2, 0.25) is 5.91 Å². The molecule has 0 bridgehead atoms. The number of halogens is 2. The van der Waals surface area contributed by atoms with Crippen molar-refractivity contribution >= 4 is 35.0 Å². The maximum atomic E-state index is 12.7. The number of hydrogen-bond acceptors (Lipinski definition) is 3. The third-order valence-corrected chi connectivity index (χ3v) is 6.34. The molecule has 1 aromatic rings. The molecule has 0 spiro atoms. The van der Waals surface area contributed by atoms with Gasteiger partial charge in [0.05, 0.1) is 22.2 Å².